The summed E-state index contributed by atoms with van der Waals surface area (Å²) in [6, 6.07) is -0.524. The number of rotatable bonds is 8. The Kier molecular flexibility index (Phi) is 6.04. The van der Waals surface area contributed by atoms with Crippen LogP contribution < -0.4 is 21.9 Å². The van der Waals surface area contributed by atoms with Gasteiger partial charge in [0.15, 0.2) is 0 Å². The molecule has 0 unspecified atom stereocenters. The maximum Gasteiger partial charge on any atom is 0.312 e. The Balaban J connectivity index is 1.29. The van der Waals surface area contributed by atoms with Gasteiger partial charge in [-0.15, -0.1) is 0 Å². The number of primary amides is 1. The molecule has 4 saturated carbocycles. The van der Waals surface area contributed by atoms with Crippen LogP contribution in [0.2, 0.25) is 0 Å². The molecule has 0 atom stereocenters. The van der Waals surface area contributed by atoms with Crippen LogP contribution >= 0.6 is 0 Å². The van der Waals surface area contributed by atoms with E-state index in [9.17, 15) is 14.4 Å². The predicted octanol–water partition coefficient (Wildman–Crippen LogP) is 1.97. The van der Waals surface area contributed by atoms with Crippen LogP contribution in [0.1, 0.15) is 70.6 Å². The van der Waals surface area contributed by atoms with E-state index in [1.807, 2.05) is 0 Å². The first-order valence-electron chi connectivity index (χ1n) is 10.1. The van der Waals surface area contributed by atoms with Crippen LogP contribution in [0.25, 0.3) is 0 Å². The fraction of sp³-hybridized carbons (Fsp3) is 0.842. The van der Waals surface area contributed by atoms with Gasteiger partial charge in [0, 0.05) is 19.4 Å². The molecule has 7 nitrogen and oxygen atoms in total. The summed E-state index contributed by atoms with van der Waals surface area (Å²) >= 11 is 0. The fourth-order valence-corrected chi connectivity index (χ4v) is 5.89. The second kappa shape index (κ2) is 8.27. The highest BCUT2D eigenvalue weighted by molar-refractivity contribution is 5.82. The summed E-state index contributed by atoms with van der Waals surface area (Å²) in [5, 5.41) is 2.52. The number of carbonyl (C=O) groups is 3. The van der Waals surface area contributed by atoms with Gasteiger partial charge in [0.1, 0.15) is 0 Å². The maximum absolute atomic E-state index is 12.3. The third kappa shape index (κ3) is 5.11. The first kappa shape index (κ1) is 19.0. The van der Waals surface area contributed by atoms with Gasteiger partial charge < -0.3 is 11.1 Å². The van der Waals surface area contributed by atoms with Gasteiger partial charge in [-0.2, -0.15) is 0 Å². The van der Waals surface area contributed by atoms with Crippen LogP contribution in [0.15, 0.2) is 0 Å². The van der Waals surface area contributed by atoms with E-state index in [-0.39, 0.29) is 17.2 Å². The van der Waals surface area contributed by atoms with Crippen LogP contribution in [0.4, 0.5) is 4.79 Å². The van der Waals surface area contributed by atoms with Crippen molar-refractivity contribution in [2.75, 3.05) is 6.54 Å². The number of nitrogens with one attached hydrogen (secondary N) is 3. The molecule has 146 valence electrons. The molecule has 0 spiro atoms. The highest BCUT2D eigenvalue weighted by Gasteiger charge is 2.51. The summed E-state index contributed by atoms with van der Waals surface area (Å²) in [6.07, 6.45) is 10.9. The molecule has 0 aromatic rings. The van der Waals surface area contributed by atoms with Crippen molar-refractivity contribution in [3.05, 3.63) is 0 Å². The maximum atomic E-state index is 12.3. The van der Waals surface area contributed by atoms with Crippen LogP contribution in [0, 0.1) is 23.2 Å². The van der Waals surface area contributed by atoms with Gasteiger partial charge >= 0.3 is 6.03 Å². The highest BCUT2D eigenvalue weighted by atomic mass is 16.2. The van der Waals surface area contributed by atoms with E-state index >= 15 is 0 Å². The Hall–Kier alpha value is -1.79. The molecule has 0 radical (unpaired) electrons. The van der Waals surface area contributed by atoms with Gasteiger partial charge in [-0.05, 0) is 74.5 Å². The van der Waals surface area contributed by atoms with Crippen molar-refractivity contribution in [3.8, 4) is 0 Å². The number of hydrogen-bond acceptors (Lipinski definition) is 3. The largest absolute Gasteiger partial charge is 0.352 e. The molecule has 4 amide bonds. The minimum absolute atomic E-state index is 0.0500. The molecule has 4 fully saturated rings. The van der Waals surface area contributed by atoms with Crippen molar-refractivity contribution in [1.29, 1.82) is 0 Å². The van der Waals surface area contributed by atoms with Gasteiger partial charge in [0.05, 0.1) is 0 Å². The number of urea groups is 1. The van der Waals surface area contributed by atoms with Crippen LogP contribution in [-0.2, 0) is 9.59 Å². The zero-order valence-electron chi connectivity index (χ0n) is 15.5. The Labute approximate surface area is 155 Å². The number of carbonyl (C=O) groups excluding carboxylic acids is 3. The van der Waals surface area contributed by atoms with E-state index in [0.29, 0.717) is 19.4 Å². The molecule has 5 N–H and O–H groups in total. The second-order valence-corrected chi connectivity index (χ2v) is 8.79. The zero-order valence-corrected chi connectivity index (χ0v) is 15.5. The average Bonchev–Trinajstić information content (AvgIpc) is 2.54. The summed E-state index contributed by atoms with van der Waals surface area (Å²) in [7, 11) is 0. The molecule has 4 aliphatic carbocycles. The van der Waals surface area contributed by atoms with Crippen LogP contribution in [0.3, 0.4) is 0 Å². The van der Waals surface area contributed by atoms with Crippen molar-refractivity contribution in [2.45, 2.75) is 70.6 Å². The summed E-state index contributed by atoms with van der Waals surface area (Å²) < 4.78 is 0. The Bertz CT molecular complexity index is 514. The first-order chi connectivity index (χ1) is 12.4. The van der Waals surface area contributed by atoms with Crippen molar-refractivity contribution in [2.24, 2.45) is 28.9 Å². The van der Waals surface area contributed by atoms with E-state index in [1.54, 1.807) is 0 Å². The van der Waals surface area contributed by atoms with Crippen LogP contribution in [-0.4, -0.2) is 24.4 Å². The van der Waals surface area contributed by atoms with E-state index in [0.717, 1.165) is 37.0 Å². The van der Waals surface area contributed by atoms with Gasteiger partial charge in [0.2, 0.25) is 11.8 Å². The minimum atomic E-state index is -0.524. The van der Waals surface area contributed by atoms with Gasteiger partial charge in [-0.3, -0.25) is 20.4 Å². The highest BCUT2D eigenvalue weighted by Crippen LogP contribution is 2.61. The van der Waals surface area contributed by atoms with Gasteiger partial charge in [-0.25, -0.2) is 4.79 Å². The lowest BCUT2D eigenvalue weighted by molar-refractivity contribution is -0.134. The number of hydrazine groups is 1. The molecule has 26 heavy (non-hydrogen) atoms. The molecule has 7 heteroatoms. The molecule has 0 aromatic carbocycles. The molecule has 0 aromatic heterocycles. The lowest BCUT2D eigenvalue weighted by Crippen LogP contribution is -2.50. The predicted molar refractivity (Wildman–Crippen MR) is 97.6 cm³/mol. The Morgan fingerprint density at radius 1 is 0.846 bits per heavy atom. The number of hydrogen-bond donors (Lipinski definition) is 4. The smallest absolute Gasteiger partial charge is 0.312 e. The molecule has 4 rings (SSSR count). The molecule has 0 heterocycles. The van der Waals surface area contributed by atoms with Crippen molar-refractivity contribution < 1.29 is 14.4 Å². The van der Waals surface area contributed by atoms with Crippen molar-refractivity contribution in [3.63, 3.8) is 0 Å². The van der Waals surface area contributed by atoms with Gasteiger partial charge in [-0.1, -0.05) is 6.42 Å². The van der Waals surface area contributed by atoms with E-state index in [1.165, 1.54) is 38.5 Å². The van der Waals surface area contributed by atoms with Crippen molar-refractivity contribution in [1.82, 2.24) is 16.2 Å². The summed E-state index contributed by atoms with van der Waals surface area (Å²) in [5.74, 6) is 2.27. The topological polar surface area (TPSA) is 113 Å². The molecule has 4 bridgehead atoms. The van der Waals surface area contributed by atoms with Gasteiger partial charge in [0.25, 0.3) is 0 Å². The third-order valence-electron chi connectivity index (χ3n) is 6.42. The molecular formula is C19H32N4O3. The Morgan fingerprint density at radius 2 is 1.42 bits per heavy atom. The summed E-state index contributed by atoms with van der Waals surface area (Å²) in [4.78, 5) is 34.7. The van der Waals surface area contributed by atoms with Crippen LogP contribution in [0.5, 0.6) is 0 Å². The molecular weight excluding hydrogens is 332 g/mol. The third-order valence-corrected chi connectivity index (χ3v) is 6.42. The molecule has 0 saturated heterocycles. The summed E-state index contributed by atoms with van der Waals surface area (Å²) in [5.41, 5.74) is 10.3. The fourth-order valence-electron chi connectivity index (χ4n) is 5.89. The average molecular weight is 364 g/mol. The number of unbranched alkanes of at least 4 members (excludes halogenated alkanes) is 2. The number of nitrogens with two attached hydrogens (primary N) is 1. The van der Waals surface area contributed by atoms with E-state index in [4.69, 9.17) is 5.73 Å². The van der Waals surface area contributed by atoms with E-state index < -0.39 is 6.03 Å². The second-order valence-electron chi connectivity index (χ2n) is 8.79. The first-order valence-corrected chi connectivity index (χ1v) is 10.1. The lowest BCUT2D eigenvalue weighted by Gasteiger charge is -2.56. The molecule has 0 aliphatic heterocycles. The molecule has 4 aliphatic rings. The Morgan fingerprint density at radius 3 is 2.00 bits per heavy atom. The van der Waals surface area contributed by atoms with E-state index in [2.05, 4.69) is 16.2 Å². The van der Waals surface area contributed by atoms with Crippen molar-refractivity contribution >= 4 is 17.8 Å². The minimum Gasteiger partial charge on any atom is -0.352 e. The zero-order chi connectivity index (χ0) is 18.6. The monoisotopic (exact) mass is 364 g/mol. The normalized spacial score (nSPS) is 31.5. The lowest BCUT2D eigenvalue weighted by atomic mass is 9.49. The summed E-state index contributed by atoms with van der Waals surface area (Å²) in [6.45, 7) is 0.527. The standard InChI is InChI=1S/C19H32N4O3/c20-18(26)21-5-3-1-2-4-16(24)22-23-17(25)12-19-9-13-6-14(10-19)8-15(7-13)11-19/h13-15H,1-12H2,(H,22,24)(H,23,25)(H3,20,21,26). The quantitative estimate of drug-likeness (QED) is 0.390. The number of amides is 4. The SMILES string of the molecule is NC(=O)NCCCCCC(=O)NNC(=O)CC12CC3CC(CC(C3)C1)C2.